The van der Waals surface area contributed by atoms with E-state index in [4.69, 9.17) is 0 Å². The van der Waals surface area contributed by atoms with Crippen molar-refractivity contribution in [3.63, 3.8) is 0 Å². The molecule has 3 aliphatic carbocycles. The molecule has 0 spiro atoms. The Balaban J connectivity index is 1.31. The molecule has 2 bridgehead atoms. The largest absolute Gasteiger partial charge is 0.299 e. The van der Waals surface area contributed by atoms with Crippen molar-refractivity contribution in [2.24, 2.45) is 23.2 Å². The molecule has 2 saturated carbocycles. The Labute approximate surface area is 206 Å². The maximum atomic E-state index is 2.98. The van der Waals surface area contributed by atoms with Crippen molar-refractivity contribution in [2.75, 3.05) is 19.6 Å². The molecule has 0 N–H and O–H groups in total. The summed E-state index contributed by atoms with van der Waals surface area (Å²) in [7, 11) is 0. The summed E-state index contributed by atoms with van der Waals surface area (Å²) in [5.74, 6) is 2.65. The van der Waals surface area contributed by atoms with Gasteiger partial charge in [0.1, 0.15) is 0 Å². The second-order valence-corrected chi connectivity index (χ2v) is 12.7. The summed E-state index contributed by atoms with van der Waals surface area (Å²) in [6.45, 7) is 10.3. The van der Waals surface area contributed by atoms with Crippen molar-refractivity contribution in [3.05, 3.63) is 71.3 Å². The van der Waals surface area contributed by atoms with Crippen LogP contribution in [0.1, 0.15) is 69.1 Å². The molecule has 2 aromatic rings. The molecule has 5 unspecified atom stereocenters. The van der Waals surface area contributed by atoms with Gasteiger partial charge in [-0.1, -0.05) is 74.9 Å². The van der Waals surface area contributed by atoms with Crippen molar-refractivity contribution < 1.29 is 0 Å². The Kier molecular flexibility index (Phi) is 5.05. The van der Waals surface area contributed by atoms with Crippen LogP contribution in [-0.4, -0.2) is 41.5 Å². The predicted molar refractivity (Wildman–Crippen MR) is 140 cm³/mol. The lowest BCUT2D eigenvalue weighted by Gasteiger charge is -2.63. The molecule has 0 amide bonds. The Hall–Kier alpha value is -1.64. The molecule has 2 nitrogen and oxygen atoms in total. The number of nitrogens with zero attached hydrogens (tertiary/aromatic N) is 2. The summed E-state index contributed by atoms with van der Waals surface area (Å²) >= 11 is 0. The first kappa shape index (κ1) is 21.6. The number of hydrogen-bond donors (Lipinski definition) is 0. The van der Waals surface area contributed by atoms with Crippen LogP contribution in [-0.2, 0) is 18.4 Å². The van der Waals surface area contributed by atoms with E-state index in [0.29, 0.717) is 10.8 Å². The van der Waals surface area contributed by atoms with Gasteiger partial charge >= 0.3 is 0 Å². The molecule has 7 rings (SSSR count). The Morgan fingerprint density at radius 2 is 1.76 bits per heavy atom. The smallest absolute Gasteiger partial charge is 0.0236 e. The maximum Gasteiger partial charge on any atom is 0.0236 e. The summed E-state index contributed by atoms with van der Waals surface area (Å²) in [5, 5.41) is 0. The lowest BCUT2D eigenvalue weighted by Crippen LogP contribution is -2.66. The maximum absolute atomic E-state index is 2.98. The van der Waals surface area contributed by atoms with Gasteiger partial charge in [-0.3, -0.25) is 9.80 Å². The van der Waals surface area contributed by atoms with Gasteiger partial charge in [-0.25, -0.2) is 0 Å². The molecule has 2 heteroatoms. The highest BCUT2D eigenvalue weighted by molar-refractivity contribution is 5.46. The van der Waals surface area contributed by atoms with Crippen molar-refractivity contribution in [3.8, 4) is 0 Å². The third-order valence-corrected chi connectivity index (χ3v) is 11.0. The summed E-state index contributed by atoms with van der Waals surface area (Å²) in [6, 6.07) is 22.4. The van der Waals surface area contributed by atoms with Gasteiger partial charge in [0.25, 0.3) is 0 Å². The van der Waals surface area contributed by atoms with Crippen LogP contribution in [0, 0.1) is 23.2 Å². The van der Waals surface area contributed by atoms with Crippen molar-refractivity contribution >= 4 is 0 Å². The second kappa shape index (κ2) is 7.93. The molecule has 2 heterocycles. The van der Waals surface area contributed by atoms with Crippen LogP contribution in [0.15, 0.2) is 54.6 Å². The average molecular weight is 455 g/mol. The van der Waals surface area contributed by atoms with E-state index in [1.807, 2.05) is 0 Å². The molecular weight excluding hydrogens is 412 g/mol. The van der Waals surface area contributed by atoms with E-state index in [2.05, 4.69) is 78.2 Å². The lowest BCUT2D eigenvalue weighted by atomic mass is 9.48. The molecular formula is C32H42N2. The number of benzene rings is 2. The molecule has 180 valence electrons. The van der Waals surface area contributed by atoms with Crippen molar-refractivity contribution in [1.82, 2.24) is 9.80 Å². The fourth-order valence-electron chi connectivity index (χ4n) is 9.71. The first-order valence-electron chi connectivity index (χ1n) is 14.2. The number of rotatable bonds is 6. The summed E-state index contributed by atoms with van der Waals surface area (Å²) in [4.78, 5) is 5.88. The van der Waals surface area contributed by atoms with Gasteiger partial charge in [-0.2, -0.15) is 0 Å². The third-order valence-electron chi connectivity index (χ3n) is 11.0. The predicted octanol–water partition coefficient (Wildman–Crippen LogP) is 6.29. The molecule has 4 fully saturated rings. The molecule has 6 atom stereocenters. The Morgan fingerprint density at radius 3 is 2.56 bits per heavy atom. The normalized spacial score (nSPS) is 39.0. The lowest BCUT2D eigenvalue weighted by molar-refractivity contribution is -0.0651. The van der Waals surface area contributed by atoms with Crippen LogP contribution in [0.2, 0.25) is 0 Å². The zero-order chi connectivity index (χ0) is 22.9. The second-order valence-electron chi connectivity index (χ2n) is 12.7. The molecule has 5 aliphatic rings. The zero-order valence-corrected chi connectivity index (χ0v) is 21.3. The van der Waals surface area contributed by atoms with E-state index in [1.54, 1.807) is 11.1 Å². The van der Waals surface area contributed by atoms with Gasteiger partial charge in [-0.05, 0) is 84.9 Å². The third kappa shape index (κ3) is 3.00. The van der Waals surface area contributed by atoms with Crippen molar-refractivity contribution in [2.45, 2.75) is 82.8 Å². The van der Waals surface area contributed by atoms with E-state index in [0.717, 1.165) is 36.4 Å². The summed E-state index contributed by atoms with van der Waals surface area (Å²) < 4.78 is 0. The standard InChI is InChI=1S/C32H42N2/c1-3-9-28-30-26(22-34(28)21-23-10-5-4-6-11-23)19-31(2)29-18-25-12-7-8-13-27(25)32(30,31)16-17-33(29)20-24-14-15-24/h4-8,10-13,24,26,28-30H,3,9,14-22H2,1-2H3/t26-,28?,29?,30?,31?,32?/m1/s1. The molecule has 34 heavy (non-hydrogen) atoms. The average Bonchev–Trinajstić information content (AvgIpc) is 3.54. The van der Waals surface area contributed by atoms with E-state index in [9.17, 15) is 0 Å². The minimum Gasteiger partial charge on any atom is -0.299 e. The van der Waals surface area contributed by atoms with Gasteiger partial charge in [0.05, 0.1) is 0 Å². The van der Waals surface area contributed by atoms with E-state index in [-0.39, 0.29) is 0 Å². The van der Waals surface area contributed by atoms with E-state index in [1.165, 1.54) is 70.1 Å². The Morgan fingerprint density at radius 1 is 0.971 bits per heavy atom. The Bertz CT molecular complexity index is 1040. The topological polar surface area (TPSA) is 6.48 Å². The first-order chi connectivity index (χ1) is 16.6. The van der Waals surface area contributed by atoms with Crippen LogP contribution in [0.3, 0.4) is 0 Å². The van der Waals surface area contributed by atoms with Crippen LogP contribution in [0.25, 0.3) is 0 Å². The quantitative estimate of drug-likeness (QED) is 0.506. The highest BCUT2D eigenvalue weighted by atomic mass is 15.2. The van der Waals surface area contributed by atoms with Gasteiger partial charge in [0.2, 0.25) is 0 Å². The van der Waals surface area contributed by atoms with Crippen LogP contribution in [0.5, 0.6) is 0 Å². The minimum atomic E-state index is 0.364. The fraction of sp³-hybridized carbons (Fsp3) is 0.625. The van der Waals surface area contributed by atoms with E-state index < -0.39 is 0 Å². The van der Waals surface area contributed by atoms with Gasteiger partial charge in [-0.15, -0.1) is 0 Å². The van der Waals surface area contributed by atoms with Gasteiger partial charge < -0.3 is 0 Å². The number of hydrogen-bond acceptors (Lipinski definition) is 2. The van der Waals surface area contributed by atoms with Crippen LogP contribution in [0.4, 0.5) is 0 Å². The highest BCUT2D eigenvalue weighted by Gasteiger charge is 2.72. The van der Waals surface area contributed by atoms with E-state index >= 15 is 0 Å². The summed E-state index contributed by atoms with van der Waals surface area (Å²) in [6.07, 6.45) is 9.69. The first-order valence-corrected chi connectivity index (χ1v) is 14.2. The highest BCUT2D eigenvalue weighted by Crippen LogP contribution is 2.71. The van der Waals surface area contributed by atoms with Crippen LogP contribution >= 0.6 is 0 Å². The number of likely N-dealkylation sites (tertiary alicyclic amines) is 2. The fourth-order valence-corrected chi connectivity index (χ4v) is 9.71. The minimum absolute atomic E-state index is 0.364. The van der Waals surface area contributed by atoms with Crippen molar-refractivity contribution in [1.29, 1.82) is 0 Å². The summed E-state index contributed by atoms with van der Waals surface area (Å²) in [5.41, 5.74) is 5.72. The molecule has 0 radical (unpaired) electrons. The van der Waals surface area contributed by atoms with Gasteiger partial charge in [0, 0.05) is 37.1 Å². The molecule has 2 aliphatic heterocycles. The SMILES string of the molecule is CCCC1C2[C@@H](CN1Cc1ccccc1)CC1(C)C3Cc4ccccc4C21CCN3CC1CC1. The van der Waals surface area contributed by atoms with Gasteiger partial charge in [0.15, 0.2) is 0 Å². The molecule has 2 aromatic carbocycles. The number of piperidine rings is 1. The zero-order valence-electron chi connectivity index (χ0n) is 21.3. The van der Waals surface area contributed by atoms with Crippen LogP contribution < -0.4 is 0 Å². The molecule has 0 aromatic heterocycles. The molecule has 2 saturated heterocycles. The number of fused-ring (bicyclic) bond motifs is 2. The monoisotopic (exact) mass is 454 g/mol.